The second kappa shape index (κ2) is 4.93. The lowest BCUT2D eigenvalue weighted by Gasteiger charge is -2.32. The normalized spacial score (nSPS) is 19.6. The Balaban J connectivity index is 2.19. The number of nitrogens with zero attached hydrogens (tertiary/aromatic N) is 1. The molecule has 0 N–H and O–H groups in total. The predicted molar refractivity (Wildman–Crippen MR) is 84.0 cm³/mol. The summed E-state index contributed by atoms with van der Waals surface area (Å²) in [5, 5.41) is 1.11. The molecule has 0 atom stereocenters. The summed E-state index contributed by atoms with van der Waals surface area (Å²) < 4.78 is 31.6. The number of methoxy groups -OCH3 is 1. The lowest BCUT2D eigenvalue weighted by molar-refractivity contribution is 0.00578. The maximum absolute atomic E-state index is 14.3. The summed E-state index contributed by atoms with van der Waals surface area (Å²) in [6.45, 7) is 7.80. The molecule has 1 aromatic heterocycles. The van der Waals surface area contributed by atoms with Crippen molar-refractivity contribution in [2.75, 3.05) is 7.11 Å². The van der Waals surface area contributed by atoms with E-state index < -0.39 is 18.3 Å². The van der Waals surface area contributed by atoms with E-state index in [-0.39, 0.29) is 5.82 Å². The quantitative estimate of drug-likeness (QED) is 0.800. The van der Waals surface area contributed by atoms with Crippen molar-refractivity contribution in [3.8, 4) is 5.88 Å². The Bertz CT molecular complexity index is 717. The molecule has 1 aliphatic heterocycles. The van der Waals surface area contributed by atoms with Crippen molar-refractivity contribution in [3.63, 3.8) is 0 Å². The van der Waals surface area contributed by atoms with E-state index >= 15 is 0 Å². The van der Waals surface area contributed by atoms with E-state index in [0.717, 1.165) is 0 Å². The molecule has 1 fully saturated rings. The average Bonchev–Trinajstić information content (AvgIpc) is 2.66. The van der Waals surface area contributed by atoms with Crippen molar-refractivity contribution in [2.24, 2.45) is 0 Å². The monoisotopic (exact) mass is 303 g/mol. The molecule has 1 saturated heterocycles. The van der Waals surface area contributed by atoms with Gasteiger partial charge in [0.15, 0.2) is 0 Å². The number of benzene rings is 1. The first-order valence-electron chi connectivity index (χ1n) is 7.24. The largest absolute Gasteiger partial charge is 0.515 e. The number of ether oxygens (including phenoxy) is 1. The second-order valence-electron chi connectivity index (χ2n) is 6.48. The molecule has 0 radical (unpaired) electrons. The fraction of sp³-hybridized carbons (Fsp3) is 0.438. The van der Waals surface area contributed by atoms with Gasteiger partial charge in [0.1, 0.15) is 5.82 Å². The molecule has 1 aromatic carbocycles. The molecule has 1 aliphatic rings. The van der Waals surface area contributed by atoms with Crippen molar-refractivity contribution in [1.29, 1.82) is 0 Å². The minimum absolute atomic E-state index is 0.350. The Kier molecular flexibility index (Phi) is 3.42. The first-order chi connectivity index (χ1) is 10.2. The Morgan fingerprint density at radius 1 is 1.14 bits per heavy atom. The summed E-state index contributed by atoms with van der Waals surface area (Å²) in [4.78, 5) is 4.38. The van der Waals surface area contributed by atoms with Gasteiger partial charge in [-0.25, -0.2) is 9.37 Å². The summed E-state index contributed by atoms with van der Waals surface area (Å²) in [5.74, 6) is 0.0557. The summed E-state index contributed by atoms with van der Waals surface area (Å²) in [7, 11) is 0.793. The molecule has 2 aromatic rings. The van der Waals surface area contributed by atoms with E-state index in [2.05, 4.69) is 4.98 Å². The molecule has 0 aliphatic carbocycles. The van der Waals surface area contributed by atoms with Crippen LogP contribution in [0.2, 0.25) is 0 Å². The van der Waals surface area contributed by atoms with Crippen LogP contribution in [-0.4, -0.2) is 30.4 Å². The zero-order valence-electron chi connectivity index (χ0n) is 13.4. The lowest BCUT2D eigenvalue weighted by Crippen LogP contribution is -2.41. The summed E-state index contributed by atoms with van der Waals surface area (Å²) in [6, 6.07) is 6.58. The van der Waals surface area contributed by atoms with Gasteiger partial charge in [0.25, 0.3) is 0 Å². The number of hydrogen-bond acceptors (Lipinski definition) is 4. The van der Waals surface area contributed by atoms with Crippen LogP contribution in [0.4, 0.5) is 4.39 Å². The number of aromatic nitrogens is 1. The molecule has 3 rings (SSSR count). The van der Waals surface area contributed by atoms with Gasteiger partial charge in [-0.15, -0.1) is 0 Å². The van der Waals surface area contributed by atoms with Gasteiger partial charge in [-0.1, -0.05) is 12.1 Å². The zero-order valence-corrected chi connectivity index (χ0v) is 13.4. The molecule has 116 valence electrons. The van der Waals surface area contributed by atoms with E-state index in [1.54, 1.807) is 12.1 Å². The summed E-state index contributed by atoms with van der Waals surface area (Å²) in [6.07, 6.45) is 0. The van der Waals surface area contributed by atoms with Crippen molar-refractivity contribution < 1.29 is 18.4 Å². The van der Waals surface area contributed by atoms with Crippen molar-refractivity contribution >= 4 is 23.5 Å². The minimum Gasteiger partial charge on any atom is -0.481 e. The fourth-order valence-corrected chi connectivity index (χ4v) is 2.50. The van der Waals surface area contributed by atoms with Crippen LogP contribution in [0.1, 0.15) is 27.7 Å². The molecule has 22 heavy (non-hydrogen) atoms. The number of fused-ring (bicyclic) bond motifs is 1. The van der Waals surface area contributed by atoms with Crippen LogP contribution < -0.4 is 10.3 Å². The highest BCUT2D eigenvalue weighted by atomic mass is 19.1. The molecule has 6 heteroatoms. The van der Waals surface area contributed by atoms with E-state index in [4.69, 9.17) is 14.0 Å². The predicted octanol–water partition coefficient (Wildman–Crippen LogP) is 2.68. The third kappa shape index (κ3) is 2.27. The van der Waals surface area contributed by atoms with E-state index in [0.29, 0.717) is 22.2 Å². The van der Waals surface area contributed by atoms with E-state index in [1.807, 2.05) is 33.8 Å². The topological polar surface area (TPSA) is 40.6 Å². The van der Waals surface area contributed by atoms with Crippen LogP contribution in [0.3, 0.4) is 0 Å². The molecule has 4 nitrogen and oxygen atoms in total. The van der Waals surface area contributed by atoms with Crippen LogP contribution in [-0.2, 0) is 9.31 Å². The third-order valence-corrected chi connectivity index (χ3v) is 4.50. The van der Waals surface area contributed by atoms with Gasteiger partial charge in [0.2, 0.25) is 5.88 Å². The summed E-state index contributed by atoms with van der Waals surface area (Å²) in [5.41, 5.74) is -0.619. The lowest BCUT2D eigenvalue weighted by atomic mass is 9.81. The molecular formula is C16H19BFNO3. The van der Waals surface area contributed by atoms with Crippen molar-refractivity contribution in [2.45, 2.75) is 38.9 Å². The second-order valence-corrected chi connectivity index (χ2v) is 6.48. The van der Waals surface area contributed by atoms with Crippen molar-refractivity contribution in [3.05, 3.63) is 30.1 Å². The highest BCUT2D eigenvalue weighted by molar-refractivity contribution is 6.64. The highest BCUT2D eigenvalue weighted by Gasteiger charge is 2.53. The highest BCUT2D eigenvalue weighted by Crippen LogP contribution is 2.37. The molecule has 0 saturated carbocycles. The Morgan fingerprint density at radius 3 is 2.36 bits per heavy atom. The van der Waals surface area contributed by atoms with Gasteiger partial charge in [-0.05, 0) is 39.1 Å². The molecule has 0 unspecified atom stereocenters. The fourth-order valence-electron chi connectivity index (χ4n) is 2.50. The van der Waals surface area contributed by atoms with Gasteiger partial charge in [0.05, 0.1) is 23.9 Å². The number of rotatable bonds is 2. The summed E-state index contributed by atoms with van der Waals surface area (Å²) >= 11 is 0. The molecular weight excluding hydrogens is 284 g/mol. The first kappa shape index (κ1) is 15.2. The Labute approximate surface area is 129 Å². The minimum atomic E-state index is -0.737. The Morgan fingerprint density at radius 2 is 1.77 bits per heavy atom. The van der Waals surface area contributed by atoms with Crippen LogP contribution in [0.5, 0.6) is 5.88 Å². The average molecular weight is 303 g/mol. The number of hydrogen-bond donors (Lipinski definition) is 0. The maximum Gasteiger partial charge on any atom is 0.515 e. The number of halogens is 1. The van der Waals surface area contributed by atoms with Gasteiger partial charge >= 0.3 is 7.12 Å². The van der Waals surface area contributed by atoms with Gasteiger partial charge in [0, 0.05) is 11.5 Å². The molecule has 0 amide bonds. The number of pyridine rings is 1. The molecule has 0 bridgehead atoms. The maximum atomic E-state index is 14.3. The standard InChI is InChI=1S/C16H19BFNO3/c1-15(2)16(3,4)22-17(21-15)14-13-10(7-6-8-11(13)18)9-12(19-14)20-5/h6-9H,1-5H3. The van der Waals surface area contributed by atoms with Gasteiger partial charge in [-0.3, -0.25) is 0 Å². The van der Waals surface area contributed by atoms with Gasteiger partial charge < -0.3 is 14.0 Å². The smallest absolute Gasteiger partial charge is 0.481 e. The van der Waals surface area contributed by atoms with Crippen molar-refractivity contribution in [1.82, 2.24) is 4.98 Å². The van der Waals surface area contributed by atoms with E-state index in [9.17, 15) is 4.39 Å². The van der Waals surface area contributed by atoms with Crippen LogP contribution in [0, 0.1) is 5.82 Å². The third-order valence-electron chi connectivity index (χ3n) is 4.50. The van der Waals surface area contributed by atoms with Crippen LogP contribution in [0.15, 0.2) is 24.3 Å². The SMILES string of the molecule is COc1cc2cccc(F)c2c(B2OC(C)(C)C(C)(C)O2)n1. The molecule has 2 heterocycles. The zero-order chi connectivity index (χ0) is 16.1. The van der Waals surface area contributed by atoms with E-state index in [1.165, 1.54) is 13.2 Å². The van der Waals surface area contributed by atoms with Crippen LogP contribution >= 0.6 is 0 Å². The van der Waals surface area contributed by atoms with Crippen LogP contribution in [0.25, 0.3) is 10.8 Å². The first-order valence-corrected chi connectivity index (χ1v) is 7.24. The molecule has 0 spiro atoms. The Hall–Kier alpha value is -1.66. The van der Waals surface area contributed by atoms with Gasteiger partial charge in [-0.2, -0.15) is 0 Å².